The van der Waals surface area contributed by atoms with Crippen LogP contribution in [0.15, 0.2) is 8.83 Å². The molecule has 0 fully saturated rings. The molecule has 0 aliphatic rings. The average molecular weight is 673 g/mol. The summed E-state index contributed by atoms with van der Waals surface area (Å²) >= 11 is 0. The Hall–Kier alpha value is -2.78. The lowest BCUT2D eigenvalue weighted by Crippen LogP contribution is -2.45. The Morgan fingerprint density at radius 2 is 0.688 bits per heavy atom. The van der Waals surface area contributed by atoms with Crippen LogP contribution in [0.25, 0.3) is 0 Å². The molecule has 274 valence electrons. The Labute approximate surface area is 292 Å². The van der Waals surface area contributed by atoms with E-state index in [0.717, 1.165) is 62.2 Å². The number of anilines is 2. The summed E-state index contributed by atoms with van der Waals surface area (Å²) in [6.45, 7) is 35.1. The maximum Gasteiger partial charge on any atom is 0.504 e. The molecule has 0 amide bonds. The first-order valence-corrected chi connectivity index (χ1v) is 19.0. The van der Waals surface area contributed by atoms with Gasteiger partial charge in [0.15, 0.2) is 0 Å². The van der Waals surface area contributed by atoms with Crippen LogP contribution in [0.3, 0.4) is 0 Å². The van der Waals surface area contributed by atoms with Gasteiger partial charge in [0.1, 0.15) is 0 Å². The van der Waals surface area contributed by atoms with E-state index in [4.69, 9.17) is 28.8 Å². The topological polar surface area (TPSA) is 90.3 Å². The highest BCUT2D eigenvalue weighted by Gasteiger charge is 2.27. The van der Waals surface area contributed by atoms with Crippen molar-refractivity contribution in [2.75, 3.05) is 9.80 Å². The minimum atomic E-state index is 0.276. The van der Waals surface area contributed by atoms with Crippen molar-refractivity contribution in [3.8, 4) is 0 Å². The molecule has 0 saturated carbocycles. The van der Waals surface area contributed by atoms with Crippen LogP contribution in [0.5, 0.6) is 0 Å². The monoisotopic (exact) mass is 673 g/mol. The highest BCUT2D eigenvalue weighted by atomic mass is 16.4. The van der Waals surface area contributed by atoms with Crippen molar-refractivity contribution in [3.05, 3.63) is 23.2 Å². The van der Waals surface area contributed by atoms with Crippen LogP contribution in [-0.2, 0) is 12.8 Å². The van der Waals surface area contributed by atoms with Gasteiger partial charge < -0.3 is 18.6 Å². The van der Waals surface area contributed by atoms with E-state index in [1.165, 1.54) is 12.8 Å². The molecule has 0 aliphatic carbocycles. The van der Waals surface area contributed by atoms with E-state index in [9.17, 15) is 0 Å². The summed E-state index contributed by atoms with van der Waals surface area (Å²) in [6, 6.07) is 2.28. The summed E-state index contributed by atoms with van der Waals surface area (Å²) in [6.07, 6.45) is 8.35. The molecule has 10 heteroatoms. The lowest BCUT2D eigenvalue weighted by molar-refractivity contribution is 0.298. The van der Waals surface area contributed by atoms with Crippen molar-refractivity contribution in [3.63, 3.8) is 0 Å². The molecule has 2 aromatic rings. The molecule has 2 rings (SSSR count). The SMILES string of the molecule is CC(C)N(c1nc(CCCCCCCCc2nc(N(C(C)C)C(C)C)nc(=[N+](C(C)C)C(C)C)o2)oc(=[N+](C(C)C)C(C)C)n1)C(C)C. The highest BCUT2D eigenvalue weighted by Crippen LogP contribution is 2.18. The van der Waals surface area contributed by atoms with E-state index in [2.05, 4.69) is 130 Å². The lowest BCUT2D eigenvalue weighted by Gasteiger charge is -2.28. The number of hydrogen-bond acceptors (Lipinski definition) is 8. The summed E-state index contributed by atoms with van der Waals surface area (Å²) in [5.41, 5.74) is 1.34. The average Bonchev–Trinajstić information content (AvgIpc) is 2.92. The zero-order chi connectivity index (χ0) is 36.3. The normalized spacial score (nSPS) is 12.2. The van der Waals surface area contributed by atoms with E-state index in [1.807, 2.05) is 0 Å². The third-order valence-electron chi connectivity index (χ3n) is 8.64. The molecule has 0 aromatic carbocycles. The summed E-state index contributed by atoms with van der Waals surface area (Å²) in [5, 5.41) is 0. The minimum Gasteiger partial charge on any atom is -0.374 e. The molecule has 0 spiro atoms. The highest BCUT2D eigenvalue weighted by molar-refractivity contribution is 5.31. The number of aryl methyl sites for hydroxylation is 2. The molecule has 48 heavy (non-hydrogen) atoms. The van der Waals surface area contributed by atoms with Crippen molar-refractivity contribution in [2.45, 2.75) is 210 Å². The van der Waals surface area contributed by atoms with Gasteiger partial charge in [-0.05, 0) is 124 Å². The molecule has 2 heterocycles. The van der Waals surface area contributed by atoms with Gasteiger partial charge in [0.05, 0.1) is 24.2 Å². The van der Waals surface area contributed by atoms with Crippen LogP contribution in [0.4, 0.5) is 11.9 Å². The standard InChI is InChI=1S/C38H72N8O2/c1-25(2)43(26(3)4)35-39-33(47-37(41-35)45(29(9)10)30(11)12)23-21-19-17-18-20-22-24-34-40-36(44(27(5)6)28(7)8)42-38(48-34)46(31(13)14)32(15)16/h25-32H,17-24H2,1-16H3/q+2. The van der Waals surface area contributed by atoms with Gasteiger partial charge in [-0.15, -0.1) is 0 Å². The predicted molar refractivity (Wildman–Crippen MR) is 200 cm³/mol. The fourth-order valence-corrected chi connectivity index (χ4v) is 6.86. The fourth-order valence-electron chi connectivity index (χ4n) is 6.86. The van der Waals surface area contributed by atoms with E-state index < -0.39 is 0 Å². The van der Waals surface area contributed by atoms with Gasteiger partial charge in [0.25, 0.3) is 0 Å². The molecule has 0 saturated heterocycles. The molecular formula is C38H72N8O2+2. The van der Waals surface area contributed by atoms with Crippen LogP contribution < -0.4 is 30.3 Å². The first kappa shape index (κ1) is 41.4. The Kier molecular flexibility index (Phi) is 16.7. The van der Waals surface area contributed by atoms with Gasteiger partial charge >= 0.3 is 23.3 Å². The molecule has 0 bridgehead atoms. The Balaban J connectivity index is 2.12. The fraction of sp³-hybridized carbons (Fsp3) is 0.842. The number of aromatic nitrogens is 4. The van der Waals surface area contributed by atoms with Crippen LogP contribution >= 0.6 is 0 Å². The molecule has 0 N–H and O–H groups in total. The van der Waals surface area contributed by atoms with E-state index in [1.54, 1.807) is 0 Å². The quantitative estimate of drug-likeness (QED) is 0.116. The minimum absolute atomic E-state index is 0.276. The number of nitrogens with zero attached hydrogens (tertiary/aromatic N) is 8. The first-order chi connectivity index (χ1) is 22.5. The summed E-state index contributed by atoms with van der Waals surface area (Å²) < 4.78 is 17.2. The second-order valence-corrected chi connectivity index (χ2v) is 15.6. The lowest BCUT2D eigenvalue weighted by atomic mass is 10.1. The maximum absolute atomic E-state index is 6.37. The third kappa shape index (κ3) is 12.0. The van der Waals surface area contributed by atoms with Gasteiger partial charge in [-0.3, -0.25) is 0 Å². The van der Waals surface area contributed by atoms with Crippen LogP contribution in [0, 0.1) is 0 Å². The van der Waals surface area contributed by atoms with Gasteiger partial charge in [-0.25, -0.2) is 9.15 Å². The smallest absolute Gasteiger partial charge is 0.374 e. The van der Waals surface area contributed by atoms with Gasteiger partial charge in [-0.1, -0.05) is 25.7 Å². The molecule has 10 nitrogen and oxygen atoms in total. The van der Waals surface area contributed by atoms with Crippen molar-refractivity contribution in [2.24, 2.45) is 0 Å². The largest absolute Gasteiger partial charge is 0.504 e. The Bertz CT molecular complexity index is 1240. The molecular weight excluding hydrogens is 600 g/mol. The van der Waals surface area contributed by atoms with E-state index >= 15 is 0 Å². The van der Waals surface area contributed by atoms with Crippen molar-refractivity contribution >= 4 is 11.9 Å². The zero-order valence-corrected chi connectivity index (χ0v) is 33.7. The molecule has 2 aromatic heterocycles. The van der Waals surface area contributed by atoms with Crippen molar-refractivity contribution in [1.29, 1.82) is 0 Å². The molecule has 0 aliphatic heterocycles. The summed E-state index contributed by atoms with van der Waals surface area (Å²) in [5.74, 6) is 3.08. The van der Waals surface area contributed by atoms with E-state index in [0.29, 0.717) is 35.5 Å². The maximum atomic E-state index is 6.37. The molecule has 0 unspecified atom stereocenters. The van der Waals surface area contributed by atoms with Crippen LogP contribution in [0.1, 0.15) is 161 Å². The Morgan fingerprint density at radius 3 is 0.938 bits per heavy atom. The third-order valence-corrected chi connectivity index (χ3v) is 8.64. The first-order valence-electron chi connectivity index (χ1n) is 19.0. The van der Waals surface area contributed by atoms with Crippen molar-refractivity contribution < 1.29 is 8.83 Å². The van der Waals surface area contributed by atoms with E-state index in [-0.39, 0.29) is 24.2 Å². The molecule has 0 radical (unpaired) electrons. The molecule has 0 atom stereocenters. The summed E-state index contributed by atoms with van der Waals surface area (Å²) in [4.78, 5) is 24.3. The second kappa shape index (κ2) is 19.4. The zero-order valence-electron chi connectivity index (χ0n) is 33.7. The number of hydrogen-bond donors (Lipinski definition) is 0. The van der Waals surface area contributed by atoms with Crippen molar-refractivity contribution in [1.82, 2.24) is 29.1 Å². The summed E-state index contributed by atoms with van der Waals surface area (Å²) in [7, 11) is 0. The number of unbranched alkanes of at least 4 members (excludes halogenated alkanes) is 5. The second-order valence-electron chi connectivity index (χ2n) is 15.6. The van der Waals surface area contributed by atoms with Crippen LogP contribution in [0.2, 0.25) is 0 Å². The van der Waals surface area contributed by atoms with Gasteiger partial charge in [0, 0.05) is 47.0 Å². The van der Waals surface area contributed by atoms with Gasteiger partial charge in [0.2, 0.25) is 11.8 Å². The Morgan fingerprint density at radius 1 is 0.417 bits per heavy atom. The predicted octanol–water partition coefficient (Wildman–Crippen LogP) is 7.00. The number of rotatable bonds is 19. The van der Waals surface area contributed by atoms with Gasteiger partial charge in [-0.2, -0.15) is 9.97 Å². The van der Waals surface area contributed by atoms with Crippen LogP contribution in [-0.4, -0.2) is 68.3 Å².